The summed E-state index contributed by atoms with van der Waals surface area (Å²) in [6.07, 6.45) is -4.04. The fourth-order valence-electron chi connectivity index (χ4n) is 2.17. The number of carbonyl (C=O) groups is 3. The predicted octanol–water partition coefficient (Wildman–Crippen LogP) is 0.418. The summed E-state index contributed by atoms with van der Waals surface area (Å²) in [6.45, 7) is 7.35. The molecule has 1 N–H and O–H groups in total. The molecule has 1 aliphatic heterocycles. The summed E-state index contributed by atoms with van der Waals surface area (Å²) < 4.78 is 21.3. The van der Waals surface area contributed by atoms with E-state index in [1.165, 1.54) is 26.8 Å². The average molecular weight is 362 g/mol. The third-order valence-electron chi connectivity index (χ3n) is 3.05. The Morgan fingerprint density at radius 3 is 2.25 bits per heavy atom. The molecule has 0 spiro atoms. The quantitative estimate of drug-likeness (QED) is 0.509. The Morgan fingerprint density at radius 1 is 1.17 bits per heavy atom. The molecule has 8 nitrogen and oxygen atoms in total. The zero-order valence-electron chi connectivity index (χ0n) is 13.8. The van der Waals surface area contributed by atoms with Crippen LogP contribution in [0.15, 0.2) is 12.7 Å². The minimum Gasteiger partial charge on any atom is -0.455 e. The topological polar surface area (TPSA) is 108 Å². The van der Waals surface area contributed by atoms with Crippen LogP contribution in [0, 0.1) is 0 Å². The number of carbonyl (C=O) groups excluding carboxylic acids is 3. The van der Waals surface area contributed by atoms with Gasteiger partial charge in [0.15, 0.2) is 23.6 Å². The van der Waals surface area contributed by atoms with Crippen LogP contribution in [0.4, 0.5) is 0 Å². The van der Waals surface area contributed by atoms with Crippen LogP contribution in [0.2, 0.25) is 0 Å². The van der Waals surface area contributed by atoms with Crippen LogP contribution < -0.4 is 0 Å². The first kappa shape index (κ1) is 20.6. The van der Waals surface area contributed by atoms with Crippen molar-refractivity contribution in [1.82, 2.24) is 0 Å². The van der Waals surface area contributed by atoms with Crippen molar-refractivity contribution < 1.29 is 38.4 Å². The maximum absolute atomic E-state index is 11.4. The molecular weight excluding hydrogens is 340 g/mol. The van der Waals surface area contributed by atoms with E-state index < -0.39 is 42.6 Å². The van der Waals surface area contributed by atoms with Crippen molar-refractivity contribution in [2.75, 3.05) is 12.4 Å². The highest BCUT2D eigenvalue weighted by Crippen LogP contribution is 2.29. The van der Waals surface area contributed by atoms with Crippen molar-refractivity contribution in [2.45, 2.75) is 51.5 Å². The van der Waals surface area contributed by atoms with E-state index in [0.29, 0.717) is 0 Å². The SMILES string of the molecule is C=CCO[C@H]1O[C@H](CSC(C)=O)[C@@H](O)[C@H](OC(C)=O)[C@H]1OC(C)=O. The van der Waals surface area contributed by atoms with Gasteiger partial charge in [-0.15, -0.1) is 6.58 Å². The van der Waals surface area contributed by atoms with Gasteiger partial charge in [0.25, 0.3) is 0 Å². The lowest BCUT2D eigenvalue weighted by Gasteiger charge is -2.42. The van der Waals surface area contributed by atoms with Crippen molar-refractivity contribution in [1.29, 1.82) is 0 Å². The van der Waals surface area contributed by atoms with Gasteiger partial charge in [0, 0.05) is 26.5 Å². The second-order valence-electron chi connectivity index (χ2n) is 5.11. The van der Waals surface area contributed by atoms with E-state index in [4.69, 9.17) is 18.9 Å². The molecule has 5 atom stereocenters. The fraction of sp³-hybridized carbons (Fsp3) is 0.667. The molecular formula is C15H22O8S. The Balaban J connectivity index is 3.02. The van der Waals surface area contributed by atoms with Gasteiger partial charge in [-0.1, -0.05) is 17.8 Å². The van der Waals surface area contributed by atoms with Gasteiger partial charge in [0.2, 0.25) is 0 Å². The third-order valence-corrected chi connectivity index (χ3v) is 3.95. The lowest BCUT2D eigenvalue weighted by molar-refractivity contribution is -0.295. The molecule has 0 bridgehead atoms. The molecule has 0 aliphatic carbocycles. The van der Waals surface area contributed by atoms with Crippen LogP contribution in [-0.4, -0.2) is 65.2 Å². The second kappa shape index (κ2) is 9.77. The zero-order chi connectivity index (χ0) is 18.3. The van der Waals surface area contributed by atoms with E-state index in [1.54, 1.807) is 0 Å². The van der Waals surface area contributed by atoms with Gasteiger partial charge in [0.05, 0.1) is 12.7 Å². The Labute approximate surface area is 144 Å². The van der Waals surface area contributed by atoms with Gasteiger partial charge in [-0.2, -0.15) is 0 Å². The van der Waals surface area contributed by atoms with Crippen molar-refractivity contribution in [3.8, 4) is 0 Å². The molecule has 9 heteroatoms. The van der Waals surface area contributed by atoms with Crippen LogP contribution >= 0.6 is 11.8 Å². The van der Waals surface area contributed by atoms with Crippen molar-refractivity contribution >= 4 is 28.8 Å². The summed E-state index contributed by atoms with van der Waals surface area (Å²) in [5.74, 6) is -1.16. The highest BCUT2D eigenvalue weighted by Gasteiger charge is 2.49. The van der Waals surface area contributed by atoms with E-state index in [2.05, 4.69) is 6.58 Å². The summed E-state index contributed by atoms with van der Waals surface area (Å²) in [7, 11) is 0. The number of ether oxygens (including phenoxy) is 4. The van der Waals surface area contributed by atoms with Gasteiger partial charge in [0.1, 0.15) is 6.10 Å². The Bertz CT molecular complexity index is 480. The number of aliphatic hydroxyl groups is 1. The molecule has 0 saturated carbocycles. The van der Waals surface area contributed by atoms with Crippen molar-refractivity contribution in [3.63, 3.8) is 0 Å². The molecule has 0 unspecified atom stereocenters. The van der Waals surface area contributed by atoms with Crippen LogP contribution in [0.5, 0.6) is 0 Å². The predicted molar refractivity (Wildman–Crippen MR) is 85.1 cm³/mol. The maximum atomic E-state index is 11.4. The average Bonchev–Trinajstić information content (AvgIpc) is 2.48. The number of hydrogen-bond donors (Lipinski definition) is 1. The van der Waals surface area contributed by atoms with Crippen molar-refractivity contribution in [2.24, 2.45) is 0 Å². The molecule has 0 aromatic rings. The number of thioether (sulfide) groups is 1. The number of hydrogen-bond acceptors (Lipinski definition) is 9. The van der Waals surface area contributed by atoms with E-state index in [-0.39, 0.29) is 17.5 Å². The smallest absolute Gasteiger partial charge is 0.303 e. The van der Waals surface area contributed by atoms with E-state index in [0.717, 1.165) is 11.8 Å². The molecule has 0 aromatic heterocycles. The Hall–Kier alpha value is -1.42. The molecule has 1 heterocycles. The first-order valence-corrected chi connectivity index (χ1v) is 8.28. The lowest BCUT2D eigenvalue weighted by Crippen LogP contribution is -2.61. The van der Waals surface area contributed by atoms with E-state index >= 15 is 0 Å². The third kappa shape index (κ3) is 6.23. The van der Waals surface area contributed by atoms with E-state index in [1.807, 2.05) is 0 Å². The van der Waals surface area contributed by atoms with Gasteiger partial charge in [-0.3, -0.25) is 14.4 Å². The molecule has 0 aromatic carbocycles. The molecule has 1 rings (SSSR count). The van der Waals surface area contributed by atoms with Gasteiger partial charge in [-0.05, 0) is 0 Å². The summed E-state index contributed by atoms with van der Waals surface area (Å²) in [4.78, 5) is 33.8. The van der Waals surface area contributed by atoms with Crippen molar-refractivity contribution in [3.05, 3.63) is 12.7 Å². The number of rotatable bonds is 7. The second-order valence-corrected chi connectivity index (χ2v) is 6.30. The molecule has 1 saturated heterocycles. The standard InChI is InChI=1S/C15H22O8S/c1-5-6-20-15-14(22-9(3)17)13(21-8(2)16)12(19)11(23-15)7-24-10(4)18/h5,11-15,19H,1,6-7H2,2-4H3/t11-,12-,13+,14-,15+/m1/s1. The first-order valence-electron chi connectivity index (χ1n) is 7.30. The first-order chi connectivity index (χ1) is 11.3. The van der Waals surface area contributed by atoms with Gasteiger partial charge < -0.3 is 24.1 Å². The van der Waals surface area contributed by atoms with Crippen LogP contribution in [-0.2, 0) is 33.3 Å². The minimum absolute atomic E-state index is 0.0951. The van der Waals surface area contributed by atoms with Crippen LogP contribution in [0.3, 0.4) is 0 Å². The highest BCUT2D eigenvalue weighted by molar-refractivity contribution is 8.13. The molecule has 1 aliphatic rings. The van der Waals surface area contributed by atoms with Crippen LogP contribution in [0.25, 0.3) is 0 Å². The molecule has 0 radical (unpaired) electrons. The zero-order valence-corrected chi connectivity index (χ0v) is 14.6. The van der Waals surface area contributed by atoms with E-state index in [9.17, 15) is 19.5 Å². The van der Waals surface area contributed by atoms with Gasteiger partial charge >= 0.3 is 11.9 Å². The molecule has 24 heavy (non-hydrogen) atoms. The Morgan fingerprint density at radius 2 is 1.75 bits per heavy atom. The number of esters is 2. The minimum atomic E-state index is -1.28. The molecule has 1 fully saturated rings. The summed E-state index contributed by atoms with van der Waals surface area (Å²) in [5.41, 5.74) is 0. The fourth-order valence-corrected chi connectivity index (χ4v) is 2.84. The highest BCUT2D eigenvalue weighted by atomic mass is 32.2. The van der Waals surface area contributed by atoms with Gasteiger partial charge in [-0.25, -0.2) is 0 Å². The maximum Gasteiger partial charge on any atom is 0.303 e. The Kier molecular flexibility index (Phi) is 8.40. The summed E-state index contributed by atoms with van der Waals surface area (Å²) >= 11 is 0.956. The van der Waals surface area contributed by atoms with Crippen LogP contribution in [0.1, 0.15) is 20.8 Å². The molecule has 0 amide bonds. The largest absolute Gasteiger partial charge is 0.455 e. The lowest BCUT2D eigenvalue weighted by atomic mass is 9.99. The summed E-state index contributed by atoms with van der Waals surface area (Å²) in [6, 6.07) is 0. The monoisotopic (exact) mass is 362 g/mol. The number of aliphatic hydroxyl groups excluding tert-OH is 1. The normalized spacial score (nSPS) is 29.6. The summed E-state index contributed by atoms with van der Waals surface area (Å²) in [5, 5.41) is 10.3. The molecule has 136 valence electrons.